The summed E-state index contributed by atoms with van der Waals surface area (Å²) >= 11 is 1.24. The van der Waals surface area contributed by atoms with Crippen molar-refractivity contribution >= 4 is 34.7 Å². The number of carbonyl (C=O) groups excluding carboxylic acids is 2. The fourth-order valence-electron chi connectivity index (χ4n) is 3.07. The lowest BCUT2D eigenvalue weighted by molar-refractivity contribution is -0.149. The Balaban J connectivity index is 1.93. The number of ether oxygens (including phenoxy) is 2. The summed E-state index contributed by atoms with van der Waals surface area (Å²) in [4.78, 5) is 28.5. The first-order valence-electron chi connectivity index (χ1n) is 10.2. The Bertz CT molecular complexity index is 1160. The molecule has 10 heteroatoms. The summed E-state index contributed by atoms with van der Waals surface area (Å²) in [5, 5.41) is 0.369. The van der Waals surface area contributed by atoms with Crippen LogP contribution in [0.5, 0.6) is 0 Å². The van der Waals surface area contributed by atoms with E-state index in [2.05, 4.69) is 4.98 Å². The van der Waals surface area contributed by atoms with Crippen LogP contribution in [0.3, 0.4) is 0 Å². The molecule has 1 unspecified atom stereocenters. The van der Waals surface area contributed by atoms with Crippen molar-refractivity contribution in [3.8, 4) is 0 Å². The number of imidazole rings is 1. The SMILES string of the molecule is CCC(C)OC(=O)Cn1c(SCc2cccc(C(=O)OC)c2)nc2cc(C(F)(F)F)ccc21. The molecule has 3 aromatic rings. The van der Waals surface area contributed by atoms with Crippen molar-refractivity contribution in [2.75, 3.05) is 7.11 Å². The van der Waals surface area contributed by atoms with Gasteiger partial charge in [0.05, 0.1) is 35.4 Å². The number of hydrogen-bond donors (Lipinski definition) is 0. The third-order valence-electron chi connectivity index (χ3n) is 4.95. The normalized spacial score (nSPS) is 12.5. The molecule has 0 N–H and O–H groups in total. The number of benzene rings is 2. The molecule has 1 heterocycles. The highest BCUT2D eigenvalue weighted by atomic mass is 32.2. The number of carbonyl (C=O) groups is 2. The number of fused-ring (bicyclic) bond motifs is 1. The van der Waals surface area contributed by atoms with Gasteiger partial charge in [0.25, 0.3) is 0 Å². The van der Waals surface area contributed by atoms with Gasteiger partial charge < -0.3 is 14.0 Å². The molecule has 0 saturated carbocycles. The Morgan fingerprint density at radius 1 is 1.18 bits per heavy atom. The predicted octanol–water partition coefficient (Wildman–Crippen LogP) is 5.48. The molecule has 1 atom stereocenters. The van der Waals surface area contributed by atoms with Gasteiger partial charge in [0.15, 0.2) is 5.16 Å². The van der Waals surface area contributed by atoms with Crippen LogP contribution in [-0.2, 0) is 32.7 Å². The molecule has 176 valence electrons. The van der Waals surface area contributed by atoms with Crippen molar-refractivity contribution in [2.24, 2.45) is 0 Å². The standard InChI is InChI=1S/C23H23F3N2O4S/c1-4-14(2)32-20(29)12-28-19-9-8-17(23(24,25)26)11-18(19)27-22(28)33-13-15-6-5-7-16(10-15)21(30)31-3/h5-11,14H,4,12-13H2,1-3H3. The van der Waals surface area contributed by atoms with Gasteiger partial charge >= 0.3 is 18.1 Å². The molecule has 0 bridgehead atoms. The van der Waals surface area contributed by atoms with E-state index in [1.807, 2.05) is 13.0 Å². The minimum Gasteiger partial charge on any atom is -0.465 e. The Morgan fingerprint density at radius 2 is 1.94 bits per heavy atom. The second-order valence-corrected chi connectivity index (χ2v) is 8.31. The third kappa shape index (κ3) is 6.07. The zero-order chi connectivity index (χ0) is 24.2. The highest BCUT2D eigenvalue weighted by Crippen LogP contribution is 2.33. The number of rotatable bonds is 8. The molecule has 0 aliphatic heterocycles. The van der Waals surface area contributed by atoms with Gasteiger partial charge in [-0.2, -0.15) is 13.2 Å². The van der Waals surface area contributed by atoms with Crippen LogP contribution in [0.15, 0.2) is 47.6 Å². The lowest BCUT2D eigenvalue weighted by Gasteiger charge is -2.13. The van der Waals surface area contributed by atoms with E-state index in [-0.39, 0.29) is 18.2 Å². The second kappa shape index (κ2) is 10.3. The summed E-state index contributed by atoms with van der Waals surface area (Å²) in [6, 6.07) is 10.1. The average Bonchev–Trinajstić information content (AvgIpc) is 3.13. The van der Waals surface area contributed by atoms with Crippen molar-refractivity contribution in [3.63, 3.8) is 0 Å². The van der Waals surface area contributed by atoms with Crippen molar-refractivity contribution in [1.82, 2.24) is 9.55 Å². The average molecular weight is 481 g/mol. The summed E-state index contributed by atoms with van der Waals surface area (Å²) in [5.41, 5.74) is 0.891. The first-order chi connectivity index (χ1) is 15.6. The van der Waals surface area contributed by atoms with E-state index < -0.39 is 23.7 Å². The van der Waals surface area contributed by atoms with Crippen molar-refractivity contribution in [1.29, 1.82) is 0 Å². The van der Waals surface area contributed by atoms with Crippen LogP contribution in [0.2, 0.25) is 0 Å². The Kier molecular flexibility index (Phi) is 7.68. The van der Waals surface area contributed by atoms with E-state index in [0.29, 0.717) is 28.4 Å². The monoisotopic (exact) mass is 480 g/mol. The van der Waals surface area contributed by atoms with Crippen LogP contribution in [-0.4, -0.2) is 34.7 Å². The Morgan fingerprint density at radius 3 is 2.61 bits per heavy atom. The summed E-state index contributed by atoms with van der Waals surface area (Å²) in [6.45, 7) is 3.47. The van der Waals surface area contributed by atoms with Gasteiger partial charge in [0, 0.05) is 5.75 Å². The minimum absolute atomic E-state index is 0.131. The number of methoxy groups -OCH3 is 1. The molecule has 0 amide bonds. The van der Waals surface area contributed by atoms with Gasteiger partial charge in [-0.1, -0.05) is 30.8 Å². The lowest BCUT2D eigenvalue weighted by atomic mass is 10.1. The zero-order valence-corrected chi connectivity index (χ0v) is 19.1. The van der Waals surface area contributed by atoms with E-state index >= 15 is 0 Å². The quantitative estimate of drug-likeness (QED) is 0.314. The van der Waals surface area contributed by atoms with Crippen molar-refractivity contribution in [2.45, 2.75) is 50.0 Å². The summed E-state index contributed by atoms with van der Waals surface area (Å²) in [5.74, 6) is -0.597. The third-order valence-corrected chi connectivity index (χ3v) is 6.00. The Labute approximate surface area is 193 Å². The molecular weight excluding hydrogens is 457 g/mol. The fourth-order valence-corrected chi connectivity index (χ4v) is 4.03. The summed E-state index contributed by atoms with van der Waals surface area (Å²) < 4.78 is 51.1. The molecule has 6 nitrogen and oxygen atoms in total. The first-order valence-corrected chi connectivity index (χ1v) is 11.2. The van der Waals surface area contributed by atoms with E-state index in [1.165, 1.54) is 24.9 Å². The van der Waals surface area contributed by atoms with Crippen molar-refractivity contribution in [3.05, 3.63) is 59.2 Å². The van der Waals surface area contributed by atoms with E-state index in [0.717, 1.165) is 17.7 Å². The van der Waals surface area contributed by atoms with Crippen molar-refractivity contribution < 1.29 is 32.2 Å². The van der Waals surface area contributed by atoms with Crippen LogP contribution in [0.25, 0.3) is 11.0 Å². The molecule has 0 radical (unpaired) electrons. The predicted molar refractivity (Wildman–Crippen MR) is 118 cm³/mol. The molecule has 0 saturated heterocycles. The molecule has 1 aromatic heterocycles. The highest BCUT2D eigenvalue weighted by molar-refractivity contribution is 7.98. The molecule has 33 heavy (non-hydrogen) atoms. The maximum absolute atomic E-state index is 13.2. The smallest absolute Gasteiger partial charge is 0.416 e. The van der Waals surface area contributed by atoms with Gasteiger partial charge in [-0.15, -0.1) is 0 Å². The van der Waals surface area contributed by atoms with Crippen LogP contribution in [0.4, 0.5) is 13.2 Å². The molecule has 0 fully saturated rings. The van der Waals surface area contributed by atoms with Gasteiger partial charge in [-0.3, -0.25) is 4.79 Å². The summed E-state index contributed by atoms with van der Waals surface area (Å²) in [6.07, 6.45) is -4.14. The second-order valence-electron chi connectivity index (χ2n) is 7.37. The molecule has 0 spiro atoms. The first kappa shape index (κ1) is 24.6. The van der Waals surface area contributed by atoms with E-state index in [9.17, 15) is 22.8 Å². The number of alkyl halides is 3. The number of thioether (sulfide) groups is 1. The number of aromatic nitrogens is 2. The Hall–Kier alpha value is -3.01. The number of nitrogens with zero attached hydrogens (tertiary/aromatic N) is 2. The van der Waals surface area contributed by atoms with Crippen LogP contribution >= 0.6 is 11.8 Å². The molecule has 0 aliphatic carbocycles. The number of esters is 2. The van der Waals surface area contributed by atoms with E-state index in [1.54, 1.807) is 29.7 Å². The number of hydrogen-bond acceptors (Lipinski definition) is 6. The summed E-state index contributed by atoms with van der Waals surface area (Å²) in [7, 11) is 1.29. The van der Waals surface area contributed by atoms with Gasteiger partial charge in [-0.25, -0.2) is 9.78 Å². The largest absolute Gasteiger partial charge is 0.465 e. The highest BCUT2D eigenvalue weighted by Gasteiger charge is 2.31. The lowest BCUT2D eigenvalue weighted by Crippen LogP contribution is -2.19. The van der Waals surface area contributed by atoms with E-state index in [4.69, 9.17) is 9.47 Å². The molecular formula is C23H23F3N2O4S. The minimum atomic E-state index is -4.50. The number of halogens is 3. The topological polar surface area (TPSA) is 70.4 Å². The van der Waals surface area contributed by atoms with Gasteiger partial charge in [-0.05, 0) is 49.2 Å². The van der Waals surface area contributed by atoms with Crippen LogP contribution in [0.1, 0.15) is 41.8 Å². The maximum Gasteiger partial charge on any atom is 0.416 e. The van der Waals surface area contributed by atoms with Gasteiger partial charge in [0.2, 0.25) is 0 Å². The maximum atomic E-state index is 13.2. The fraction of sp³-hybridized carbons (Fsp3) is 0.348. The zero-order valence-electron chi connectivity index (χ0n) is 18.3. The van der Waals surface area contributed by atoms with Crippen LogP contribution in [0, 0.1) is 0 Å². The molecule has 3 rings (SSSR count). The molecule has 0 aliphatic rings. The van der Waals surface area contributed by atoms with Crippen LogP contribution < -0.4 is 0 Å². The molecule has 2 aromatic carbocycles. The van der Waals surface area contributed by atoms with Gasteiger partial charge in [0.1, 0.15) is 6.54 Å².